The molecule has 0 aromatic carbocycles. The minimum absolute atomic E-state index is 0.510. The fourth-order valence-corrected chi connectivity index (χ4v) is 2.67. The van der Waals surface area contributed by atoms with Gasteiger partial charge < -0.3 is 5.11 Å². The van der Waals surface area contributed by atoms with E-state index in [0.29, 0.717) is 12.3 Å². The van der Waals surface area contributed by atoms with Gasteiger partial charge in [0.15, 0.2) is 0 Å². The molecule has 1 aliphatic carbocycles. The zero-order chi connectivity index (χ0) is 10.8. The molecule has 1 N–H and O–H groups in total. The van der Waals surface area contributed by atoms with Crippen LogP contribution in [0.25, 0.3) is 0 Å². The number of carboxylic acids is 1. The second-order valence-corrected chi connectivity index (χ2v) is 4.92. The summed E-state index contributed by atoms with van der Waals surface area (Å²) in [6.07, 6.45) is 4.49. The van der Waals surface area contributed by atoms with E-state index in [1.807, 2.05) is 6.92 Å². The summed E-state index contributed by atoms with van der Waals surface area (Å²) in [6, 6.07) is 0. The van der Waals surface area contributed by atoms with Crippen molar-refractivity contribution in [1.29, 1.82) is 0 Å². The van der Waals surface area contributed by atoms with Crippen LogP contribution in [0.4, 0.5) is 0 Å². The minimum atomic E-state index is -0.632. The molecule has 14 heavy (non-hydrogen) atoms. The Balaban J connectivity index is 2.80. The molecule has 2 unspecified atom stereocenters. The van der Waals surface area contributed by atoms with Crippen LogP contribution < -0.4 is 0 Å². The molecule has 1 aliphatic rings. The first kappa shape index (κ1) is 11.3. The number of allylic oxidation sites excluding steroid dienone is 1. The zero-order valence-electron chi connectivity index (χ0n) is 9.18. The van der Waals surface area contributed by atoms with Gasteiger partial charge in [0.25, 0.3) is 0 Å². The average Bonchev–Trinajstić information content (AvgIpc) is 2.02. The maximum atomic E-state index is 11.3. The van der Waals surface area contributed by atoms with E-state index in [2.05, 4.69) is 13.5 Å². The molecule has 0 aromatic heterocycles. The van der Waals surface area contributed by atoms with E-state index in [0.717, 1.165) is 24.8 Å². The van der Waals surface area contributed by atoms with Crippen molar-refractivity contribution >= 4 is 5.97 Å². The van der Waals surface area contributed by atoms with Crippen LogP contribution >= 0.6 is 0 Å². The van der Waals surface area contributed by atoms with Crippen molar-refractivity contribution in [2.45, 2.75) is 46.0 Å². The van der Waals surface area contributed by atoms with Crippen molar-refractivity contribution in [3.8, 4) is 0 Å². The molecular formula is C12H20O2. The smallest absolute Gasteiger partial charge is 0.309 e. The van der Waals surface area contributed by atoms with Gasteiger partial charge in [-0.2, -0.15) is 0 Å². The summed E-state index contributed by atoms with van der Waals surface area (Å²) in [4.78, 5) is 11.3. The summed E-state index contributed by atoms with van der Waals surface area (Å²) in [5.74, 6) is -0.0914. The molecule has 1 rings (SSSR count). The Labute approximate surface area is 86.0 Å². The Bertz CT molecular complexity index is 245. The fourth-order valence-electron chi connectivity index (χ4n) is 2.67. The van der Waals surface area contributed by atoms with Gasteiger partial charge in [0.1, 0.15) is 0 Å². The van der Waals surface area contributed by atoms with E-state index in [4.69, 9.17) is 0 Å². The summed E-state index contributed by atoms with van der Waals surface area (Å²) in [5, 5.41) is 9.31. The Morgan fingerprint density at radius 1 is 1.64 bits per heavy atom. The van der Waals surface area contributed by atoms with Crippen LogP contribution in [0.1, 0.15) is 46.0 Å². The van der Waals surface area contributed by atoms with Crippen molar-refractivity contribution in [3.63, 3.8) is 0 Å². The summed E-state index contributed by atoms with van der Waals surface area (Å²) in [5.41, 5.74) is 0.477. The highest BCUT2D eigenvalue weighted by atomic mass is 16.4. The lowest BCUT2D eigenvalue weighted by molar-refractivity contribution is -0.152. The molecule has 0 bridgehead atoms. The number of hydrogen-bond acceptors (Lipinski definition) is 1. The van der Waals surface area contributed by atoms with Crippen LogP contribution in [-0.2, 0) is 4.79 Å². The van der Waals surface area contributed by atoms with Crippen LogP contribution in [0, 0.1) is 11.3 Å². The molecule has 1 fully saturated rings. The van der Waals surface area contributed by atoms with Crippen LogP contribution in [0.15, 0.2) is 12.2 Å². The Morgan fingerprint density at radius 2 is 2.29 bits per heavy atom. The predicted octanol–water partition coefficient (Wildman–Crippen LogP) is 3.23. The third-order valence-corrected chi connectivity index (χ3v) is 3.19. The van der Waals surface area contributed by atoms with E-state index in [-0.39, 0.29) is 0 Å². The maximum absolute atomic E-state index is 11.3. The van der Waals surface area contributed by atoms with Crippen molar-refractivity contribution in [2.75, 3.05) is 0 Å². The maximum Gasteiger partial charge on any atom is 0.309 e. The Hall–Kier alpha value is -0.790. The molecule has 0 radical (unpaired) electrons. The molecule has 0 aliphatic heterocycles. The molecule has 2 nitrogen and oxygen atoms in total. The third kappa shape index (κ3) is 2.37. The van der Waals surface area contributed by atoms with E-state index in [9.17, 15) is 9.90 Å². The average molecular weight is 196 g/mol. The van der Waals surface area contributed by atoms with E-state index in [1.165, 1.54) is 6.42 Å². The van der Waals surface area contributed by atoms with Gasteiger partial charge in [-0.25, -0.2) is 0 Å². The second kappa shape index (κ2) is 4.16. The Morgan fingerprint density at radius 3 is 2.71 bits per heavy atom. The summed E-state index contributed by atoms with van der Waals surface area (Å²) >= 11 is 0. The van der Waals surface area contributed by atoms with Gasteiger partial charge in [0.2, 0.25) is 0 Å². The third-order valence-electron chi connectivity index (χ3n) is 3.19. The minimum Gasteiger partial charge on any atom is -0.481 e. The molecule has 0 spiro atoms. The van der Waals surface area contributed by atoms with E-state index >= 15 is 0 Å². The molecule has 0 aromatic rings. The van der Waals surface area contributed by atoms with Crippen LogP contribution in [0.5, 0.6) is 0 Å². The standard InChI is InChI=1S/C12H20O2/c1-9(2)7-12(11(13)14)6-4-5-10(3)8-12/h10H,1,4-8H2,2-3H3,(H,13,14). The van der Waals surface area contributed by atoms with Gasteiger partial charge in [-0.05, 0) is 32.1 Å². The Kier molecular flexibility index (Phi) is 3.35. The van der Waals surface area contributed by atoms with Crippen LogP contribution in [0.3, 0.4) is 0 Å². The fraction of sp³-hybridized carbons (Fsp3) is 0.750. The molecule has 0 saturated heterocycles. The lowest BCUT2D eigenvalue weighted by Crippen LogP contribution is -2.36. The lowest BCUT2D eigenvalue weighted by atomic mass is 9.67. The lowest BCUT2D eigenvalue weighted by Gasteiger charge is -2.36. The first-order valence-corrected chi connectivity index (χ1v) is 5.34. The van der Waals surface area contributed by atoms with Crippen molar-refractivity contribution in [2.24, 2.45) is 11.3 Å². The second-order valence-electron chi connectivity index (χ2n) is 4.92. The first-order valence-electron chi connectivity index (χ1n) is 5.34. The van der Waals surface area contributed by atoms with Gasteiger partial charge in [-0.15, -0.1) is 6.58 Å². The summed E-state index contributed by atoms with van der Waals surface area (Å²) in [7, 11) is 0. The zero-order valence-corrected chi connectivity index (χ0v) is 9.18. The van der Waals surface area contributed by atoms with E-state index < -0.39 is 11.4 Å². The van der Waals surface area contributed by atoms with Gasteiger partial charge >= 0.3 is 5.97 Å². The molecule has 80 valence electrons. The molecular weight excluding hydrogens is 176 g/mol. The topological polar surface area (TPSA) is 37.3 Å². The molecule has 0 amide bonds. The summed E-state index contributed by atoms with van der Waals surface area (Å²) < 4.78 is 0. The molecule has 2 atom stereocenters. The van der Waals surface area contributed by atoms with Gasteiger partial charge in [-0.1, -0.05) is 25.3 Å². The molecule has 0 heterocycles. The normalized spacial score (nSPS) is 32.6. The summed E-state index contributed by atoms with van der Waals surface area (Å²) in [6.45, 7) is 7.91. The number of carbonyl (C=O) groups is 1. The SMILES string of the molecule is C=C(C)CC1(C(=O)O)CCCC(C)C1. The largest absolute Gasteiger partial charge is 0.481 e. The van der Waals surface area contributed by atoms with Gasteiger partial charge in [-0.3, -0.25) is 4.79 Å². The highest BCUT2D eigenvalue weighted by Gasteiger charge is 2.41. The highest BCUT2D eigenvalue weighted by molar-refractivity contribution is 5.75. The van der Waals surface area contributed by atoms with Crippen molar-refractivity contribution in [3.05, 3.63) is 12.2 Å². The predicted molar refractivity (Wildman–Crippen MR) is 57.1 cm³/mol. The quantitative estimate of drug-likeness (QED) is 0.703. The van der Waals surface area contributed by atoms with E-state index in [1.54, 1.807) is 0 Å². The number of rotatable bonds is 3. The van der Waals surface area contributed by atoms with Gasteiger partial charge in [0.05, 0.1) is 5.41 Å². The van der Waals surface area contributed by atoms with Crippen molar-refractivity contribution < 1.29 is 9.90 Å². The molecule has 1 saturated carbocycles. The monoisotopic (exact) mass is 196 g/mol. The number of aliphatic carboxylic acids is 1. The van der Waals surface area contributed by atoms with Crippen LogP contribution in [0.2, 0.25) is 0 Å². The van der Waals surface area contributed by atoms with Crippen LogP contribution in [-0.4, -0.2) is 11.1 Å². The number of carboxylic acid groups (broad SMARTS) is 1. The highest BCUT2D eigenvalue weighted by Crippen LogP contribution is 2.43. The van der Waals surface area contributed by atoms with Crippen molar-refractivity contribution in [1.82, 2.24) is 0 Å². The number of hydrogen-bond donors (Lipinski definition) is 1. The first-order chi connectivity index (χ1) is 6.46. The van der Waals surface area contributed by atoms with Gasteiger partial charge in [0, 0.05) is 0 Å². The molecule has 2 heteroatoms.